The molecule has 0 saturated carbocycles. The van der Waals surface area contributed by atoms with Crippen molar-refractivity contribution in [3.63, 3.8) is 0 Å². The lowest BCUT2D eigenvalue weighted by Gasteiger charge is -2.12. The molecular weight excluding hydrogens is 736 g/mol. The number of H-pyrrole nitrogens is 1. The maximum absolute atomic E-state index is 4.57. The lowest BCUT2D eigenvalue weighted by molar-refractivity contribution is 1.10. The van der Waals surface area contributed by atoms with Crippen molar-refractivity contribution in [1.82, 2.24) is 19.5 Å². The van der Waals surface area contributed by atoms with Gasteiger partial charge in [-0.1, -0.05) is 125 Å². The Morgan fingerprint density at radius 1 is 0.400 bits per heavy atom. The number of halogens is 1. The number of nitrogens with one attached hydrogen (secondary N) is 1. The van der Waals surface area contributed by atoms with E-state index in [1.165, 1.54) is 64.6 Å². The van der Waals surface area contributed by atoms with E-state index in [0.717, 1.165) is 32.2 Å². The smallest absolute Gasteiger partial charge is 0.144 e. The molecule has 0 aliphatic carbocycles. The molecule has 4 heterocycles. The van der Waals surface area contributed by atoms with Crippen LogP contribution in [0.25, 0.3) is 92.4 Å². The summed E-state index contributed by atoms with van der Waals surface area (Å²) < 4.78 is 3.29. The van der Waals surface area contributed by atoms with E-state index in [1.807, 2.05) is 36.7 Å². The van der Waals surface area contributed by atoms with Gasteiger partial charge in [0.2, 0.25) is 0 Å². The average Bonchev–Trinajstić information content (AvgIpc) is 3.92. The van der Waals surface area contributed by atoms with Crippen molar-refractivity contribution in [1.29, 1.82) is 0 Å². The van der Waals surface area contributed by atoms with Gasteiger partial charge >= 0.3 is 0 Å². The Morgan fingerprint density at radius 3 is 1.44 bits per heavy atom. The molecule has 55 heavy (non-hydrogen) atoms. The van der Waals surface area contributed by atoms with Gasteiger partial charge in [-0.2, -0.15) is 0 Å². The van der Waals surface area contributed by atoms with Crippen LogP contribution in [0.2, 0.25) is 0 Å². The van der Waals surface area contributed by atoms with Crippen LogP contribution in [-0.4, -0.2) is 19.5 Å². The highest BCUT2D eigenvalue weighted by atomic mass is 79.9. The molecule has 0 amide bonds. The second-order valence-corrected chi connectivity index (χ2v) is 14.5. The fourth-order valence-corrected chi connectivity index (χ4v) is 8.34. The summed E-state index contributed by atoms with van der Waals surface area (Å²) in [4.78, 5) is 11.7. The Kier molecular flexibility index (Phi) is 8.27. The summed E-state index contributed by atoms with van der Waals surface area (Å²) in [5.74, 6) is 0. The first kappa shape index (κ1) is 32.8. The SMILES string of the molecule is Brc1ccc2c3ccccc3c3ccccc3c2c1.c1cnc2[nH]ccc2c1.c1cnc2c(c1)ccn2-c1ccc2c3ccccc3c3ccccc3c2c1. The molecule has 260 valence electrons. The number of rotatable bonds is 1. The van der Waals surface area contributed by atoms with Gasteiger partial charge in [-0.3, -0.25) is 0 Å². The van der Waals surface area contributed by atoms with Crippen molar-refractivity contribution in [2.24, 2.45) is 0 Å². The topological polar surface area (TPSA) is 46.5 Å². The highest BCUT2D eigenvalue weighted by molar-refractivity contribution is 9.10. The maximum Gasteiger partial charge on any atom is 0.144 e. The summed E-state index contributed by atoms with van der Waals surface area (Å²) in [6, 6.07) is 60.0. The van der Waals surface area contributed by atoms with E-state index >= 15 is 0 Å². The normalized spacial score (nSPS) is 11.4. The molecule has 4 aromatic heterocycles. The van der Waals surface area contributed by atoms with Gasteiger partial charge in [0, 0.05) is 45.7 Å². The molecular formula is C50H33BrN4. The highest BCUT2D eigenvalue weighted by Gasteiger charge is 2.11. The molecule has 5 heteroatoms. The molecule has 0 aliphatic heterocycles. The van der Waals surface area contributed by atoms with Crippen molar-refractivity contribution in [2.45, 2.75) is 0 Å². The van der Waals surface area contributed by atoms with Gasteiger partial charge in [0.25, 0.3) is 0 Å². The van der Waals surface area contributed by atoms with E-state index in [9.17, 15) is 0 Å². The third-order valence-corrected chi connectivity index (χ3v) is 11.0. The zero-order valence-corrected chi connectivity index (χ0v) is 31.3. The van der Waals surface area contributed by atoms with Gasteiger partial charge < -0.3 is 9.55 Å². The predicted molar refractivity (Wildman–Crippen MR) is 236 cm³/mol. The van der Waals surface area contributed by atoms with Crippen LogP contribution < -0.4 is 0 Å². The second kappa shape index (κ2) is 13.9. The Labute approximate surface area is 325 Å². The number of aromatic amines is 1. The molecule has 4 nitrogen and oxygen atoms in total. The van der Waals surface area contributed by atoms with Gasteiger partial charge in [0.1, 0.15) is 11.3 Å². The number of fused-ring (bicyclic) bond motifs is 14. The van der Waals surface area contributed by atoms with Gasteiger partial charge in [-0.05, 0) is 125 Å². The average molecular weight is 770 g/mol. The first-order valence-electron chi connectivity index (χ1n) is 18.3. The maximum atomic E-state index is 4.57. The quantitative estimate of drug-likeness (QED) is 0.169. The van der Waals surface area contributed by atoms with Crippen LogP contribution in [0.3, 0.4) is 0 Å². The first-order valence-corrected chi connectivity index (χ1v) is 19.1. The summed E-state index contributed by atoms with van der Waals surface area (Å²) in [5.41, 5.74) is 3.08. The molecule has 8 aromatic carbocycles. The Hall–Kier alpha value is -6.82. The van der Waals surface area contributed by atoms with Gasteiger partial charge in [-0.15, -0.1) is 0 Å². The van der Waals surface area contributed by atoms with Crippen LogP contribution in [0.15, 0.2) is 199 Å². The van der Waals surface area contributed by atoms with Crippen LogP contribution in [-0.2, 0) is 0 Å². The standard InChI is InChI=1S/C25H16N2.C18H11Br.C7H6N2/c1-2-9-21-19(7-1)20-8-3-4-10-22(20)24-16-18(11-12-23(21)24)27-15-13-17-6-5-14-26-25(17)27;19-12-9-10-17-15-7-2-1-5-13(15)14-6-3-4-8-16(14)18(17)11-12;1-2-6-3-5-9-7(6)8-4-1/h1-16H;1-11H;1-5H,(H,8,9). The zero-order valence-electron chi connectivity index (χ0n) is 29.7. The molecule has 0 spiro atoms. The monoisotopic (exact) mass is 768 g/mol. The molecule has 1 N–H and O–H groups in total. The van der Waals surface area contributed by atoms with Crippen LogP contribution in [0.5, 0.6) is 0 Å². The Balaban J connectivity index is 0.000000115. The zero-order chi connectivity index (χ0) is 36.7. The lowest BCUT2D eigenvalue weighted by atomic mass is 9.94. The van der Waals surface area contributed by atoms with Crippen molar-refractivity contribution < 1.29 is 0 Å². The van der Waals surface area contributed by atoms with Crippen LogP contribution in [0.1, 0.15) is 0 Å². The number of benzene rings is 8. The predicted octanol–water partition coefficient (Wildman–Crippen LogP) is 14.0. The van der Waals surface area contributed by atoms with Crippen molar-refractivity contribution in [2.75, 3.05) is 0 Å². The van der Waals surface area contributed by atoms with E-state index < -0.39 is 0 Å². The second-order valence-electron chi connectivity index (χ2n) is 13.6. The fraction of sp³-hybridized carbons (Fsp3) is 0. The van der Waals surface area contributed by atoms with Crippen molar-refractivity contribution >= 4 is 103 Å². The molecule has 0 aliphatic rings. The molecule has 0 bridgehead atoms. The summed E-state index contributed by atoms with van der Waals surface area (Å²) >= 11 is 3.58. The van der Waals surface area contributed by atoms with Crippen LogP contribution in [0, 0.1) is 0 Å². The third kappa shape index (κ3) is 5.86. The van der Waals surface area contributed by atoms with E-state index in [2.05, 4.69) is 187 Å². The summed E-state index contributed by atoms with van der Waals surface area (Å²) in [7, 11) is 0. The van der Waals surface area contributed by atoms with E-state index in [0.29, 0.717) is 0 Å². The first-order chi connectivity index (χ1) is 27.2. The summed E-state index contributed by atoms with van der Waals surface area (Å²) in [6.45, 7) is 0. The summed E-state index contributed by atoms with van der Waals surface area (Å²) in [6.07, 6.45) is 7.61. The molecule has 0 radical (unpaired) electrons. The largest absolute Gasteiger partial charge is 0.346 e. The number of aromatic nitrogens is 4. The number of hydrogen-bond donors (Lipinski definition) is 1. The van der Waals surface area contributed by atoms with Gasteiger partial charge in [0.05, 0.1) is 0 Å². The fourth-order valence-electron chi connectivity index (χ4n) is 7.98. The number of hydrogen-bond acceptors (Lipinski definition) is 2. The van der Waals surface area contributed by atoms with Gasteiger partial charge in [-0.25, -0.2) is 9.97 Å². The third-order valence-electron chi connectivity index (χ3n) is 10.5. The molecule has 0 unspecified atom stereocenters. The molecule has 0 saturated heterocycles. The van der Waals surface area contributed by atoms with Crippen LogP contribution >= 0.6 is 15.9 Å². The molecule has 12 aromatic rings. The van der Waals surface area contributed by atoms with Gasteiger partial charge in [0.15, 0.2) is 0 Å². The lowest BCUT2D eigenvalue weighted by Crippen LogP contribution is -1.94. The van der Waals surface area contributed by atoms with E-state index in [-0.39, 0.29) is 0 Å². The minimum Gasteiger partial charge on any atom is -0.346 e. The van der Waals surface area contributed by atoms with E-state index in [1.54, 1.807) is 6.20 Å². The molecule has 0 atom stereocenters. The number of pyridine rings is 2. The van der Waals surface area contributed by atoms with Crippen molar-refractivity contribution in [3.8, 4) is 5.69 Å². The minimum atomic E-state index is 0.956. The number of nitrogens with zero attached hydrogens (tertiary/aromatic N) is 3. The Morgan fingerprint density at radius 2 is 0.873 bits per heavy atom. The highest BCUT2D eigenvalue weighted by Crippen LogP contribution is 2.37. The molecule has 12 rings (SSSR count). The Bertz CT molecular complexity index is 3260. The van der Waals surface area contributed by atoms with Crippen LogP contribution in [0.4, 0.5) is 0 Å². The van der Waals surface area contributed by atoms with E-state index in [4.69, 9.17) is 0 Å². The molecule has 0 fully saturated rings. The summed E-state index contributed by atoms with van der Waals surface area (Å²) in [5, 5.41) is 18.0. The minimum absolute atomic E-state index is 0.956. The van der Waals surface area contributed by atoms with Crippen molar-refractivity contribution in [3.05, 3.63) is 199 Å².